The molecule has 39 heavy (non-hydrogen) atoms. The van der Waals surface area contributed by atoms with Crippen molar-refractivity contribution in [2.24, 2.45) is 45.3 Å². The lowest BCUT2D eigenvalue weighted by Crippen LogP contribution is -2.59. The van der Waals surface area contributed by atoms with Gasteiger partial charge in [0.1, 0.15) is 11.6 Å². The van der Waals surface area contributed by atoms with Gasteiger partial charge in [-0.15, -0.1) is 0 Å². The lowest BCUT2D eigenvalue weighted by Gasteiger charge is -2.59. The van der Waals surface area contributed by atoms with Gasteiger partial charge >= 0.3 is 5.97 Å². The Bertz CT molecular complexity index is 1150. The zero-order chi connectivity index (χ0) is 29.3. The molecule has 216 valence electrons. The summed E-state index contributed by atoms with van der Waals surface area (Å²) >= 11 is 0. The number of carbonyl (C=O) groups is 5. The Hall–Kier alpha value is -2.15. The summed E-state index contributed by atoms with van der Waals surface area (Å²) in [4.78, 5) is 65.9. The lowest BCUT2D eigenvalue weighted by molar-refractivity contribution is -0.149. The molecule has 4 aliphatic carbocycles. The number of aliphatic hydroxyl groups excluding tert-OH is 1. The molecule has 0 aromatic carbocycles. The number of ether oxygens (including phenoxy) is 1. The molecule has 0 aliphatic heterocycles. The van der Waals surface area contributed by atoms with Crippen LogP contribution in [0.5, 0.6) is 0 Å². The van der Waals surface area contributed by atoms with Gasteiger partial charge in [-0.2, -0.15) is 0 Å². The number of fused-ring (bicyclic) bond motifs is 4. The SMILES string of the molecule is CCOC(=O)[C@H](C)CC(=O)C[C@@H](C)[C@H]1C[C@H](O)[C@@]2(C)C3=C(C(=O)C[C@]12C)[C@@]1(C)CCC(=O)C(C)(C)[C@@H]1CC3=O. The van der Waals surface area contributed by atoms with Gasteiger partial charge in [-0.05, 0) is 42.9 Å². The predicted octanol–water partition coefficient (Wildman–Crippen LogP) is 4.82. The van der Waals surface area contributed by atoms with E-state index >= 15 is 0 Å². The summed E-state index contributed by atoms with van der Waals surface area (Å²) in [5.41, 5.74) is -1.88. The Labute approximate surface area is 232 Å². The van der Waals surface area contributed by atoms with Gasteiger partial charge in [0.05, 0.1) is 18.6 Å². The topological polar surface area (TPSA) is 115 Å². The van der Waals surface area contributed by atoms with Crippen LogP contribution in [0, 0.1) is 45.3 Å². The van der Waals surface area contributed by atoms with Crippen molar-refractivity contribution < 1.29 is 33.8 Å². The van der Waals surface area contributed by atoms with E-state index in [1.165, 1.54) is 0 Å². The highest BCUT2D eigenvalue weighted by Crippen LogP contribution is 2.70. The Kier molecular flexibility index (Phi) is 7.45. The van der Waals surface area contributed by atoms with Crippen LogP contribution in [-0.4, -0.2) is 46.9 Å². The minimum absolute atomic E-state index is 0.0463. The third-order valence-electron chi connectivity index (χ3n) is 11.7. The van der Waals surface area contributed by atoms with Crippen molar-refractivity contribution >= 4 is 29.1 Å². The fraction of sp³-hybridized carbons (Fsp3) is 0.781. The van der Waals surface area contributed by atoms with Crippen LogP contribution in [0.3, 0.4) is 0 Å². The summed E-state index contributed by atoms with van der Waals surface area (Å²) in [6.45, 7) is 15.5. The van der Waals surface area contributed by atoms with Crippen molar-refractivity contribution in [3.63, 3.8) is 0 Å². The third kappa shape index (κ3) is 4.20. The summed E-state index contributed by atoms with van der Waals surface area (Å²) < 4.78 is 5.04. The number of hydrogen-bond donors (Lipinski definition) is 1. The standard InChI is InChI=1S/C32H46O7/c1-9-39-28(38)18(3)13-19(33)12-17(2)20-14-25(37)32(8)27-21(34)15-23-29(4,5)24(36)10-11-30(23,6)26(27)22(35)16-31(20,32)7/h17-18,20,23,25,37H,9-16H2,1-8H3/t17-,18-,20-,23+,25+,30+,31-,32+/m1/s1. The molecule has 1 N–H and O–H groups in total. The molecule has 0 unspecified atom stereocenters. The second kappa shape index (κ2) is 9.74. The van der Waals surface area contributed by atoms with E-state index in [2.05, 4.69) is 0 Å². The maximum Gasteiger partial charge on any atom is 0.309 e. The molecule has 0 aromatic heterocycles. The number of allylic oxidation sites excluding steroid dienone is 1. The third-order valence-corrected chi connectivity index (χ3v) is 11.7. The fourth-order valence-electron chi connectivity index (χ4n) is 9.20. The molecule has 2 saturated carbocycles. The maximum atomic E-state index is 14.1. The van der Waals surface area contributed by atoms with Crippen molar-refractivity contribution in [3.05, 3.63) is 11.1 Å². The number of aliphatic hydroxyl groups is 1. The molecule has 8 atom stereocenters. The highest BCUT2D eigenvalue weighted by molar-refractivity contribution is 6.12. The summed E-state index contributed by atoms with van der Waals surface area (Å²) in [5, 5.41) is 11.6. The summed E-state index contributed by atoms with van der Waals surface area (Å²) in [6.07, 6.45) is 1.20. The van der Waals surface area contributed by atoms with Crippen LogP contribution >= 0.6 is 0 Å². The first-order valence-electron chi connectivity index (χ1n) is 14.7. The number of carbonyl (C=O) groups excluding carboxylic acids is 5. The zero-order valence-electron chi connectivity index (χ0n) is 24.9. The van der Waals surface area contributed by atoms with Crippen LogP contribution in [0.15, 0.2) is 11.1 Å². The second-order valence-electron chi connectivity index (χ2n) is 14.1. The highest BCUT2D eigenvalue weighted by Gasteiger charge is 2.70. The molecule has 0 saturated heterocycles. The van der Waals surface area contributed by atoms with Crippen molar-refractivity contribution in [3.8, 4) is 0 Å². The number of Topliss-reactive ketones (excluding diaryl/α,β-unsaturated/α-hetero) is 4. The first kappa shape index (κ1) is 29.8. The second-order valence-corrected chi connectivity index (χ2v) is 14.1. The van der Waals surface area contributed by atoms with Gasteiger partial charge in [-0.25, -0.2) is 0 Å². The maximum absolute atomic E-state index is 14.1. The van der Waals surface area contributed by atoms with E-state index in [9.17, 15) is 29.1 Å². The molecule has 0 heterocycles. The van der Waals surface area contributed by atoms with Gasteiger partial charge < -0.3 is 9.84 Å². The minimum Gasteiger partial charge on any atom is -0.466 e. The van der Waals surface area contributed by atoms with E-state index in [0.717, 1.165) is 0 Å². The Morgan fingerprint density at radius 1 is 1.00 bits per heavy atom. The van der Waals surface area contributed by atoms with Crippen molar-refractivity contribution in [2.45, 2.75) is 106 Å². The summed E-state index contributed by atoms with van der Waals surface area (Å²) in [6, 6.07) is 0. The van der Waals surface area contributed by atoms with Crippen LogP contribution in [0.4, 0.5) is 0 Å². The van der Waals surface area contributed by atoms with Gasteiger partial charge in [0.15, 0.2) is 11.6 Å². The van der Waals surface area contributed by atoms with Crippen LogP contribution in [-0.2, 0) is 28.7 Å². The first-order valence-corrected chi connectivity index (χ1v) is 14.7. The van der Waals surface area contributed by atoms with Crippen LogP contribution in [0.1, 0.15) is 100 Å². The molecule has 0 radical (unpaired) electrons. The van der Waals surface area contributed by atoms with E-state index in [-0.39, 0.29) is 79.1 Å². The van der Waals surface area contributed by atoms with Gasteiger partial charge in [0, 0.05) is 59.5 Å². The lowest BCUT2D eigenvalue weighted by atomic mass is 9.42. The Morgan fingerprint density at radius 2 is 1.64 bits per heavy atom. The van der Waals surface area contributed by atoms with Gasteiger partial charge in [-0.3, -0.25) is 24.0 Å². The summed E-state index contributed by atoms with van der Waals surface area (Å²) in [5.74, 6) is -1.54. The molecule has 7 nitrogen and oxygen atoms in total. The molecule has 0 aromatic rings. The zero-order valence-corrected chi connectivity index (χ0v) is 24.9. The molecular weight excluding hydrogens is 496 g/mol. The fourth-order valence-corrected chi connectivity index (χ4v) is 9.20. The summed E-state index contributed by atoms with van der Waals surface area (Å²) in [7, 11) is 0. The largest absolute Gasteiger partial charge is 0.466 e. The highest BCUT2D eigenvalue weighted by atomic mass is 16.5. The molecule has 4 rings (SSSR count). The van der Waals surface area contributed by atoms with Crippen LogP contribution < -0.4 is 0 Å². The predicted molar refractivity (Wildman–Crippen MR) is 145 cm³/mol. The van der Waals surface area contributed by atoms with E-state index in [0.29, 0.717) is 30.4 Å². The van der Waals surface area contributed by atoms with Crippen LogP contribution in [0.25, 0.3) is 0 Å². The van der Waals surface area contributed by atoms with Gasteiger partial charge in [-0.1, -0.05) is 48.5 Å². The smallest absolute Gasteiger partial charge is 0.309 e. The quantitative estimate of drug-likeness (QED) is 0.459. The molecular formula is C32H46O7. The normalized spacial score (nSPS) is 39.0. The molecule has 7 heteroatoms. The molecule has 0 bridgehead atoms. The van der Waals surface area contributed by atoms with Crippen molar-refractivity contribution in [2.75, 3.05) is 6.61 Å². The molecule has 4 aliphatic rings. The Morgan fingerprint density at radius 3 is 2.26 bits per heavy atom. The van der Waals surface area contributed by atoms with Crippen molar-refractivity contribution in [1.29, 1.82) is 0 Å². The Balaban J connectivity index is 1.68. The minimum atomic E-state index is -0.924. The number of ketones is 4. The van der Waals surface area contributed by atoms with Gasteiger partial charge in [0.2, 0.25) is 0 Å². The van der Waals surface area contributed by atoms with Crippen molar-refractivity contribution in [1.82, 2.24) is 0 Å². The number of hydrogen-bond acceptors (Lipinski definition) is 7. The van der Waals surface area contributed by atoms with Gasteiger partial charge in [0.25, 0.3) is 0 Å². The average Bonchev–Trinajstić information content (AvgIpc) is 3.04. The average molecular weight is 543 g/mol. The molecule has 0 amide bonds. The van der Waals surface area contributed by atoms with E-state index in [1.807, 2.05) is 41.5 Å². The monoisotopic (exact) mass is 542 g/mol. The van der Waals surface area contributed by atoms with E-state index in [4.69, 9.17) is 4.74 Å². The number of rotatable bonds is 7. The first-order chi connectivity index (χ1) is 18.0. The van der Waals surface area contributed by atoms with E-state index < -0.39 is 33.7 Å². The number of esters is 1. The molecule has 2 fully saturated rings. The molecule has 0 spiro atoms. The van der Waals surface area contributed by atoms with E-state index in [1.54, 1.807) is 13.8 Å². The van der Waals surface area contributed by atoms with Crippen LogP contribution in [0.2, 0.25) is 0 Å².